The Balaban J connectivity index is 1.58. The highest BCUT2D eigenvalue weighted by Crippen LogP contribution is 2.30. The Hall–Kier alpha value is -1.69. The van der Waals surface area contributed by atoms with Crippen molar-refractivity contribution >= 4 is 11.8 Å². The normalized spacial score (nSPS) is 22.8. The molecular formula is C14H19N3O3. The molecule has 1 atom stereocenters. The predicted molar refractivity (Wildman–Crippen MR) is 72.9 cm³/mol. The number of ether oxygens (including phenoxy) is 1. The van der Waals surface area contributed by atoms with Crippen molar-refractivity contribution in [3.8, 4) is 0 Å². The molecule has 1 aliphatic heterocycles. The first-order valence-electron chi connectivity index (χ1n) is 7.14. The summed E-state index contributed by atoms with van der Waals surface area (Å²) in [7, 11) is 0. The third-order valence-corrected chi connectivity index (χ3v) is 3.82. The number of piperidine rings is 1. The van der Waals surface area contributed by atoms with Crippen molar-refractivity contribution in [3.05, 3.63) is 18.1 Å². The average molecular weight is 277 g/mol. The van der Waals surface area contributed by atoms with Gasteiger partial charge in [-0.15, -0.1) is 0 Å². The summed E-state index contributed by atoms with van der Waals surface area (Å²) < 4.78 is 5.94. The van der Waals surface area contributed by atoms with Gasteiger partial charge in [0.15, 0.2) is 5.69 Å². The summed E-state index contributed by atoms with van der Waals surface area (Å²) in [5.74, 6) is 0.461. The van der Waals surface area contributed by atoms with Crippen LogP contribution in [0.2, 0.25) is 0 Å². The highest BCUT2D eigenvalue weighted by molar-refractivity contribution is 5.84. The van der Waals surface area contributed by atoms with E-state index in [1.165, 1.54) is 25.2 Å². The maximum Gasteiger partial charge on any atom is 0.356 e. The minimum atomic E-state index is -1.05. The minimum absolute atomic E-state index is 0.0210. The Bertz CT molecular complexity index is 473. The molecule has 2 aliphatic rings. The van der Waals surface area contributed by atoms with Gasteiger partial charge in [-0.2, -0.15) is 0 Å². The van der Waals surface area contributed by atoms with E-state index in [1.807, 2.05) is 0 Å². The highest BCUT2D eigenvalue weighted by Gasteiger charge is 2.26. The lowest BCUT2D eigenvalue weighted by Crippen LogP contribution is -2.40. The summed E-state index contributed by atoms with van der Waals surface area (Å²) in [4.78, 5) is 21.0. The Morgan fingerprint density at radius 1 is 1.35 bits per heavy atom. The first kappa shape index (κ1) is 13.3. The molecule has 3 rings (SSSR count). The van der Waals surface area contributed by atoms with E-state index in [1.54, 1.807) is 0 Å². The number of carboxylic acids is 1. The third kappa shape index (κ3) is 3.25. The summed E-state index contributed by atoms with van der Waals surface area (Å²) in [6, 6.07) is 0. The van der Waals surface area contributed by atoms with Crippen molar-refractivity contribution in [2.75, 3.05) is 24.6 Å². The molecule has 1 aromatic rings. The van der Waals surface area contributed by atoms with E-state index >= 15 is 0 Å². The standard InChI is InChI=1S/C14H19N3O3/c18-14(19)12-6-16-13(7-15-12)17-5-1-2-11(8-17)20-9-10-3-4-10/h6-7,10-11H,1-5,8-9H2,(H,18,19). The lowest BCUT2D eigenvalue weighted by atomic mass is 10.1. The van der Waals surface area contributed by atoms with Gasteiger partial charge in [-0.25, -0.2) is 14.8 Å². The second kappa shape index (κ2) is 5.75. The van der Waals surface area contributed by atoms with Crippen LogP contribution in [0.15, 0.2) is 12.4 Å². The molecule has 0 bridgehead atoms. The predicted octanol–water partition coefficient (Wildman–Crippen LogP) is 1.57. The van der Waals surface area contributed by atoms with Crippen LogP contribution >= 0.6 is 0 Å². The van der Waals surface area contributed by atoms with E-state index in [-0.39, 0.29) is 11.8 Å². The van der Waals surface area contributed by atoms with E-state index < -0.39 is 5.97 Å². The zero-order valence-corrected chi connectivity index (χ0v) is 11.4. The number of nitrogens with zero attached hydrogens (tertiary/aromatic N) is 3. The maximum atomic E-state index is 10.8. The Labute approximate surface area is 117 Å². The molecule has 2 heterocycles. The van der Waals surface area contributed by atoms with Gasteiger partial charge in [-0.05, 0) is 31.6 Å². The number of aromatic nitrogens is 2. The van der Waals surface area contributed by atoms with Gasteiger partial charge >= 0.3 is 5.97 Å². The third-order valence-electron chi connectivity index (χ3n) is 3.82. The molecule has 108 valence electrons. The molecule has 2 fully saturated rings. The first-order chi connectivity index (χ1) is 9.72. The molecule has 0 radical (unpaired) electrons. The lowest BCUT2D eigenvalue weighted by molar-refractivity contribution is 0.0367. The number of hydrogen-bond donors (Lipinski definition) is 1. The summed E-state index contributed by atoms with van der Waals surface area (Å²) >= 11 is 0. The lowest BCUT2D eigenvalue weighted by Gasteiger charge is -2.33. The van der Waals surface area contributed by atoms with Gasteiger partial charge in [0.05, 0.1) is 18.5 Å². The van der Waals surface area contributed by atoms with Gasteiger partial charge < -0.3 is 14.7 Å². The zero-order valence-electron chi connectivity index (χ0n) is 11.4. The number of aromatic carboxylic acids is 1. The van der Waals surface area contributed by atoms with Gasteiger partial charge in [0.1, 0.15) is 5.82 Å². The summed E-state index contributed by atoms with van der Waals surface area (Å²) in [5, 5.41) is 8.82. The quantitative estimate of drug-likeness (QED) is 0.880. The number of hydrogen-bond acceptors (Lipinski definition) is 5. The molecule has 1 saturated heterocycles. The number of rotatable bonds is 5. The van der Waals surface area contributed by atoms with Crippen LogP contribution in [0, 0.1) is 5.92 Å². The molecule has 20 heavy (non-hydrogen) atoms. The molecule has 0 spiro atoms. The monoisotopic (exact) mass is 277 g/mol. The largest absolute Gasteiger partial charge is 0.476 e. The van der Waals surface area contributed by atoms with Gasteiger partial charge in [-0.1, -0.05) is 0 Å². The maximum absolute atomic E-state index is 10.8. The first-order valence-corrected chi connectivity index (χ1v) is 7.14. The smallest absolute Gasteiger partial charge is 0.356 e. The Morgan fingerprint density at radius 3 is 2.85 bits per heavy atom. The Kier molecular flexibility index (Phi) is 3.82. The van der Waals surface area contributed by atoms with Crippen molar-refractivity contribution in [1.29, 1.82) is 0 Å². The van der Waals surface area contributed by atoms with Gasteiger partial charge in [-0.3, -0.25) is 0 Å². The number of carbonyl (C=O) groups is 1. The van der Waals surface area contributed by atoms with Crippen LogP contribution in [0.5, 0.6) is 0 Å². The second-order valence-electron chi connectivity index (χ2n) is 5.55. The fourth-order valence-electron chi connectivity index (χ4n) is 2.43. The van der Waals surface area contributed by atoms with E-state index in [0.717, 1.165) is 44.3 Å². The minimum Gasteiger partial charge on any atom is -0.476 e. The molecule has 6 heteroatoms. The molecule has 1 unspecified atom stereocenters. The molecule has 0 amide bonds. The molecular weight excluding hydrogens is 258 g/mol. The van der Waals surface area contributed by atoms with Crippen molar-refractivity contribution in [3.63, 3.8) is 0 Å². The second-order valence-corrected chi connectivity index (χ2v) is 5.55. The van der Waals surface area contributed by atoms with Gasteiger partial charge in [0.2, 0.25) is 0 Å². The van der Waals surface area contributed by atoms with Gasteiger partial charge in [0, 0.05) is 19.7 Å². The van der Waals surface area contributed by atoms with Crippen LogP contribution in [0.1, 0.15) is 36.2 Å². The van der Waals surface area contributed by atoms with Crippen molar-refractivity contribution in [2.24, 2.45) is 5.92 Å². The topological polar surface area (TPSA) is 75.5 Å². The van der Waals surface area contributed by atoms with Crippen LogP contribution < -0.4 is 4.90 Å². The molecule has 1 aliphatic carbocycles. The fraction of sp³-hybridized carbons (Fsp3) is 0.643. The SMILES string of the molecule is O=C(O)c1cnc(N2CCCC(OCC3CC3)C2)cn1. The molecule has 0 aromatic carbocycles. The highest BCUT2D eigenvalue weighted by atomic mass is 16.5. The van der Waals surface area contributed by atoms with E-state index in [2.05, 4.69) is 14.9 Å². The fourth-order valence-corrected chi connectivity index (χ4v) is 2.43. The van der Waals surface area contributed by atoms with Crippen LogP contribution in [-0.2, 0) is 4.74 Å². The summed E-state index contributed by atoms with van der Waals surface area (Å²) in [6.07, 6.45) is 7.86. The summed E-state index contributed by atoms with van der Waals surface area (Å²) in [6.45, 7) is 2.61. The van der Waals surface area contributed by atoms with Crippen molar-refractivity contribution < 1.29 is 14.6 Å². The average Bonchev–Trinajstić information content (AvgIpc) is 3.30. The Morgan fingerprint density at radius 2 is 2.20 bits per heavy atom. The van der Waals surface area contributed by atoms with E-state index in [9.17, 15) is 4.79 Å². The van der Waals surface area contributed by atoms with Crippen LogP contribution in [-0.4, -0.2) is 46.8 Å². The number of anilines is 1. The molecule has 1 aromatic heterocycles. The van der Waals surface area contributed by atoms with Crippen LogP contribution in [0.25, 0.3) is 0 Å². The van der Waals surface area contributed by atoms with E-state index in [0.29, 0.717) is 0 Å². The van der Waals surface area contributed by atoms with E-state index in [4.69, 9.17) is 9.84 Å². The summed E-state index contributed by atoms with van der Waals surface area (Å²) in [5.41, 5.74) is -0.0210. The molecule has 1 saturated carbocycles. The van der Waals surface area contributed by atoms with Crippen molar-refractivity contribution in [2.45, 2.75) is 31.8 Å². The molecule has 1 N–H and O–H groups in total. The van der Waals surface area contributed by atoms with Crippen molar-refractivity contribution in [1.82, 2.24) is 9.97 Å². The molecule has 6 nitrogen and oxygen atoms in total. The number of carboxylic acid groups (broad SMARTS) is 1. The van der Waals surface area contributed by atoms with Crippen LogP contribution in [0.3, 0.4) is 0 Å². The van der Waals surface area contributed by atoms with Crippen LogP contribution in [0.4, 0.5) is 5.82 Å². The van der Waals surface area contributed by atoms with Gasteiger partial charge in [0.25, 0.3) is 0 Å². The zero-order chi connectivity index (χ0) is 13.9.